The van der Waals surface area contributed by atoms with E-state index in [1.165, 1.54) is 5.56 Å². The molecule has 2 N–H and O–H groups in total. The highest BCUT2D eigenvalue weighted by Crippen LogP contribution is 2.26. The van der Waals surface area contributed by atoms with E-state index in [0.717, 1.165) is 17.8 Å². The fraction of sp³-hybridized carbons (Fsp3) is 0.333. The number of aromatic nitrogens is 2. The van der Waals surface area contributed by atoms with Gasteiger partial charge in [0.2, 0.25) is 5.91 Å². The molecule has 0 saturated heterocycles. The summed E-state index contributed by atoms with van der Waals surface area (Å²) >= 11 is 0. The second kappa shape index (κ2) is 6.18. The maximum atomic E-state index is 12.0. The molecule has 100 valence electrons. The van der Waals surface area contributed by atoms with Gasteiger partial charge in [0.25, 0.3) is 0 Å². The topological polar surface area (TPSA) is 57.8 Å². The molecule has 0 aliphatic rings. The second-order valence-corrected chi connectivity index (χ2v) is 4.70. The van der Waals surface area contributed by atoms with E-state index < -0.39 is 0 Å². The largest absolute Gasteiger partial charge is 0.325 e. The van der Waals surface area contributed by atoms with Crippen LogP contribution >= 0.6 is 0 Å². The van der Waals surface area contributed by atoms with Crippen molar-refractivity contribution in [2.24, 2.45) is 0 Å². The molecule has 1 unspecified atom stereocenters. The van der Waals surface area contributed by atoms with Crippen molar-refractivity contribution in [1.29, 1.82) is 0 Å². The zero-order valence-electron chi connectivity index (χ0n) is 11.3. The number of aromatic amines is 1. The lowest BCUT2D eigenvalue weighted by molar-refractivity contribution is -0.115. The van der Waals surface area contributed by atoms with Crippen molar-refractivity contribution in [2.45, 2.75) is 32.6 Å². The van der Waals surface area contributed by atoms with Gasteiger partial charge in [-0.15, -0.1) is 0 Å². The number of amides is 1. The number of nitrogens with one attached hydrogen (secondary N) is 2. The molecule has 4 nitrogen and oxygen atoms in total. The minimum Gasteiger partial charge on any atom is -0.325 e. The van der Waals surface area contributed by atoms with Crippen molar-refractivity contribution in [3.8, 4) is 0 Å². The van der Waals surface area contributed by atoms with Crippen LogP contribution in [0, 0.1) is 0 Å². The number of hydrogen-bond donors (Lipinski definition) is 2. The SMILES string of the molecule is CCC(C)c1ccccc1NC(=O)Cc1ccn[nH]1. The molecule has 0 spiro atoms. The number of rotatable bonds is 5. The molecule has 0 saturated carbocycles. The van der Waals surface area contributed by atoms with Crippen molar-refractivity contribution in [3.63, 3.8) is 0 Å². The second-order valence-electron chi connectivity index (χ2n) is 4.70. The third-order valence-electron chi connectivity index (χ3n) is 3.29. The number of benzene rings is 1. The van der Waals surface area contributed by atoms with E-state index in [4.69, 9.17) is 0 Å². The normalized spacial score (nSPS) is 12.1. The number of nitrogens with zero attached hydrogens (tertiary/aromatic N) is 1. The summed E-state index contributed by atoms with van der Waals surface area (Å²) in [5.74, 6) is 0.406. The lowest BCUT2D eigenvalue weighted by Gasteiger charge is -2.15. The first-order valence-corrected chi connectivity index (χ1v) is 6.57. The molecule has 0 aliphatic heterocycles. The van der Waals surface area contributed by atoms with E-state index >= 15 is 0 Å². The molecule has 2 rings (SSSR count). The third kappa shape index (κ3) is 3.44. The van der Waals surface area contributed by atoms with Crippen LogP contribution in [0.5, 0.6) is 0 Å². The lowest BCUT2D eigenvalue weighted by Crippen LogP contribution is -2.16. The molecule has 0 fully saturated rings. The first-order chi connectivity index (χ1) is 9.20. The van der Waals surface area contributed by atoms with Gasteiger partial charge >= 0.3 is 0 Å². The number of anilines is 1. The Morgan fingerprint density at radius 2 is 2.16 bits per heavy atom. The van der Waals surface area contributed by atoms with Gasteiger partial charge in [-0.3, -0.25) is 9.89 Å². The molecule has 0 bridgehead atoms. The summed E-state index contributed by atoms with van der Waals surface area (Å²) in [6.07, 6.45) is 3.01. The van der Waals surface area contributed by atoms with Crippen LogP contribution in [0.2, 0.25) is 0 Å². The van der Waals surface area contributed by atoms with Crippen LogP contribution in [-0.2, 0) is 11.2 Å². The first-order valence-electron chi connectivity index (χ1n) is 6.57. The monoisotopic (exact) mass is 257 g/mol. The molecule has 1 amide bonds. The van der Waals surface area contributed by atoms with Gasteiger partial charge in [0.15, 0.2) is 0 Å². The Kier molecular flexibility index (Phi) is 4.34. The first kappa shape index (κ1) is 13.3. The molecule has 1 heterocycles. The van der Waals surface area contributed by atoms with Crippen molar-refractivity contribution < 1.29 is 4.79 Å². The van der Waals surface area contributed by atoms with E-state index in [-0.39, 0.29) is 5.91 Å². The Bertz CT molecular complexity index is 534. The zero-order valence-corrected chi connectivity index (χ0v) is 11.3. The Balaban J connectivity index is 2.08. The summed E-state index contributed by atoms with van der Waals surface area (Å²) in [7, 11) is 0. The van der Waals surface area contributed by atoms with E-state index in [2.05, 4.69) is 35.4 Å². The predicted molar refractivity (Wildman–Crippen MR) is 76.1 cm³/mol. The Morgan fingerprint density at radius 3 is 2.84 bits per heavy atom. The van der Waals surface area contributed by atoms with E-state index in [1.54, 1.807) is 12.3 Å². The van der Waals surface area contributed by atoms with Gasteiger partial charge < -0.3 is 5.32 Å². The summed E-state index contributed by atoms with van der Waals surface area (Å²) in [5, 5.41) is 9.61. The molecule has 4 heteroatoms. The van der Waals surface area contributed by atoms with E-state index in [1.807, 2.05) is 18.2 Å². The number of carbonyl (C=O) groups is 1. The van der Waals surface area contributed by atoms with Gasteiger partial charge in [-0.2, -0.15) is 5.10 Å². The van der Waals surface area contributed by atoms with Gasteiger partial charge in [-0.05, 0) is 30.0 Å². The molecular weight excluding hydrogens is 238 g/mol. The van der Waals surface area contributed by atoms with E-state index in [0.29, 0.717) is 12.3 Å². The molecule has 2 aromatic rings. The smallest absolute Gasteiger partial charge is 0.230 e. The minimum atomic E-state index is -0.0278. The van der Waals surface area contributed by atoms with Crippen LogP contribution in [0.3, 0.4) is 0 Å². The van der Waals surface area contributed by atoms with Crippen LogP contribution in [0.4, 0.5) is 5.69 Å². The highest BCUT2D eigenvalue weighted by Gasteiger charge is 2.11. The van der Waals surface area contributed by atoms with Crippen molar-refractivity contribution in [3.05, 3.63) is 47.8 Å². The molecule has 1 aromatic carbocycles. The Labute approximate surface area is 113 Å². The molecule has 19 heavy (non-hydrogen) atoms. The molecule has 1 aromatic heterocycles. The Hall–Kier alpha value is -2.10. The van der Waals surface area contributed by atoms with Crippen LogP contribution in [0.15, 0.2) is 36.5 Å². The number of carbonyl (C=O) groups excluding carboxylic acids is 1. The van der Waals surface area contributed by atoms with Crippen molar-refractivity contribution in [1.82, 2.24) is 10.2 Å². The fourth-order valence-electron chi connectivity index (χ4n) is 2.01. The highest BCUT2D eigenvalue weighted by atomic mass is 16.1. The highest BCUT2D eigenvalue weighted by molar-refractivity contribution is 5.92. The average Bonchev–Trinajstić information content (AvgIpc) is 2.91. The van der Waals surface area contributed by atoms with Gasteiger partial charge in [-0.1, -0.05) is 32.0 Å². The molecule has 0 radical (unpaired) electrons. The maximum absolute atomic E-state index is 12.0. The predicted octanol–water partition coefficient (Wildman–Crippen LogP) is 3.10. The quantitative estimate of drug-likeness (QED) is 0.864. The van der Waals surface area contributed by atoms with Crippen molar-refractivity contribution in [2.75, 3.05) is 5.32 Å². The molecular formula is C15H19N3O. The lowest BCUT2D eigenvalue weighted by atomic mass is 9.97. The van der Waals surface area contributed by atoms with Crippen molar-refractivity contribution >= 4 is 11.6 Å². The molecule has 1 atom stereocenters. The summed E-state index contributed by atoms with van der Waals surface area (Å²) in [4.78, 5) is 12.0. The summed E-state index contributed by atoms with van der Waals surface area (Å²) in [6, 6.07) is 9.77. The maximum Gasteiger partial charge on any atom is 0.230 e. The van der Waals surface area contributed by atoms with Crippen LogP contribution < -0.4 is 5.32 Å². The van der Waals surface area contributed by atoms with Gasteiger partial charge in [0, 0.05) is 17.6 Å². The van der Waals surface area contributed by atoms with Gasteiger partial charge in [0.05, 0.1) is 6.42 Å². The molecule has 0 aliphatic carbocycles. The minimum absolute atomic E-state index is 0.0278. The summed E-state index contributed by atoms with van der Waals surface area (Å²) in [6.45, 7) is 4.31. The Morgan fingerprint density at radius 1 is 1.37 bits per heavy atom. The van der Waals surface area contributed by atoms with Crippen LogP contribution in [0.25, 0.3) is 0 Å². The van der Waals surface area contributed by atoms with Gasteiger partial charge in [0.1, 0.15) is 0 Å². The fourth-order valence-corrected chi connectivity index (χ4v) is 2.01. The number of hydrogen-bond acceptors (Lipinski definition) is 2. The average molecular weight is 257 g/mol. The van der Waals surface area contributed by atoms with E-state index in [9.17, 15) is 4.79 Å². The number of para-hydroxylation sites is 1. The van der Waals surface area contributed by atoms with Crippen LogP contribution in [0.1, 0.15) is 37.4 Å². The van der Waals surface area contributed by atoms with Gasteiger partial charge in [-0.25, -0.2) is 0 Å². The number of H-pyrrole nitrogens is 1. The third-order valence-corrected chi connectivity index (χ3v) is 3.29. The zero-order chi connectivity index (χ0) is 13.7. The summed E-state index contributed by atoms with van der Waals surface area (Å²) in [5.41, 5.74) is 2.91. The standard InChI is InChI=1S/C15H19N3O/c1-3-11(2)13-6-4-5-7-14(13)17-15(19)10-12-8-9-16-18-12/h4-9,11H,3,10H2,1-2H3,(H,16,18)(H,17,19). The summed E-state index contributed by atoms with van der Waals surface area (Å²) < 4.78 is 0. The van der Waals surface area contributed by atoms with Crippen LogP contribution in [-0.4, -0.2) is 16.1 Å².